The number of hydrogen-bond acceptors (Lipinski definition) is 1. The molecule has 0 saturated heterocycles. The second kappa shape index (κ2) is 5.59. The third-order valence-corrected chi connectivity index (χ3v) is 4.43. The fourth-order valence-electron chi connectivity index (χ4n) is 2.90. The minimum absolute atomic E-state index is 0.0846. The Bertz CT molecular complexity index is 664. The van der Waals surface area contributed by atoms with Gasteiger partial charge in [0, 0.05) is 16.5 Å². The van der Waals surface area contributed by atoms with Crippen LogP contribution in [0.15, 0.2) is 42.5 Å². The first-order chi connectivity index (χ1) is 9.66. The van der Waals surface area contributed by atoms with E-state index >= 15 is 0 Å². The van der Waals surface area contributed by atoms with Gasteiger partial charge in [0.15, 0.2) is 5.78 Å². The van der Waals surface area contributed by atoms with Crippen LogP contribution in [0.3, 0.4) is 0 Å². The van der Waals surface area contributed by atoms with Gasteiger partial charge in [-0.2, -0.15) is 0 Å². The fourth-order valence-corrected chi connectivity index (χ4v) is 3.40. The number of Topliss-reactive ketones (excluding diaryl/α,β-unsaturated/α-hetero) is 1. The van der Waals surface area contributed by atoms with E-state index in [0.29, 0.717) is 15.6 Å². The summed E-state index contributed by atoms with van der Waals surface area (Å²) in [6.45, 7) is 0. The molecule has 0 aromatic heterocycles. The van der Waals surface area contributed by atoms with Crippen LogP contribution in [0, 0.1) is 0 Å². The summed E-state index contributed by atoms with van der Waals surface area (Å²) < 4.78 is 0. The number of benzene rings is 2. The van der Waals surface area contributed by atoms with E-state index in [1.807, 2.05) is 12.1 Å². The molecule has 0 N–H and O–H groups in total. The first-order valence-corrected chi connectivity index (χ1v) is 7.49. The molecule has 0 spiro atoms. The van der Waals surface area contributed by atoms with Crippen molar-refractivity contribution in [1.82, 2.24) is 0 Å². The van der Waals surface area contributed by atoms with Crippen molar-refractivity contribution >= 4 is 29.0 Å². The minimum atomic E-state index is -0.0846. The maximum absolute atomic E-state index is 12.8. The molecule has 0 saturated carbocycles. The van der Waals surface area contributed by atoms with E-state index in [-0.39, 0.29) is 11.7 Å². The van der Waals surface area contributed by atoms with E-state index < -0.39 is 0 Å². The zero-order valence-electron chi connectivity index (χ0n) is 10.9. The van der Waals surface area contributed by atoms with Gasteiger partial charge in [0.2, 0.25) is 0 Å². The Balaban J connectivity index is 2.00. The summed E-state index contributed by atoms with van der Waals surface area (Å²) in [5.41, 5.74) is 3.00. The van der Waals surface area contributed by atoms with Crippen molar-refractivity contribution in [3.8, 4) is 0 Å². The summed E-state index contributed by atoms with van der Waals surface area (Å²) in [6, 6.07) is 13.3. The average molecular weight is 305 g/mol. The monoisotopic (exact) mass is 304 g/mol. The van der Waals surface area contributed by atoms with E-state index in [1.54, 1.807) is 18.2 Å². The normalized spacial score (nSPS) is 17.6. The zero-order chi connectivity index (χ0) is 14.1. The minimum Gasteiger partial charge on any atom is -0.293 e. The summed E-state index contributed by atoms with van der Waals surface area (Å²) >= 11 is 12.1. The number of aryl methyl sites for hydroxylation is 1. The second-order valence-electron chi connectivity index (χ2n) is 5.13. The standard InChI is InChI=1S/C17H14Cl2O/c18-12-8-9-15(16(19)10-12)17(20)14-7-3-5-11-4-1-2-6-13(11)14/h1-2,4,6,8-10,14H,3,5,7H2. The van der Waals surface area contributed by atoms with Gasteiger partial charge in [0.25, 0.3) is 0 Å². The van der Waals surface area contributed by atoms with Gasteiger partial charge in [-0.1, -0.05) is 47.5 Å². The lowest BCUT2D eigenvalue weighted by Gasteiger charge is -2.24. The van der Waals surface area contributed by atoms with Crippen molar-refractivity contribution < 1.29 is 4.79 Å². The Morgan fingerprint density at radius 3 is 2.70 bits per heavy atom. The first kappa shape index (κ1) is 13.7. The molecule has 0 amide bonds. The molecule has 2 aromatic rings. The quantitative estimate of drug-likeness (QED) is 0.688. The summed E-state index contributed by atoms with van der Waals surface area (Å²) in [5.74, 6) is 0.0115. The molecule has 1 atom stereocenters. The van der Waals surface area contributed by atoms with E-state index in [0.717, 1.165) is 24.8 Å². The van der Waals surface area contributed by atoms with E-state index in [9.17, 15) is 4.79 Å². The van der Waals surface area contributed by atoms with E-state index in [4.69, 9.17) is 23.2 Å². The number of ketones is 1. The summed E-state index contributed by atoms with van der Waals surface area (Å²) in [5, 5.41) is 0.987. The fraction of sp³-hybridized carbons (Fsp3) is 0.235. The van der Waals surface area contributed by atoms with Crippen LogP contribution >= 0.6 is 23.2 Å². The molecule has 2 aromatic carbocycles. The van der Waals surface area contributed by atoms with Crippen LogP contribution in [0.1, 0.15) is 40.2 Å². The molecular weight excluding hydrogens is 291 g/mol. The van der Waals surface area contributed by atoms with Crippen molar-refractivity contribution in [2.45, 2.75) is 25.2 Å². The average Bonchev–Trinajstić information content (AvgIpc) is 2.46. The SMILES string of the molecule is O=C(c1ccc(Cl)cc1Cl)C1CCCc2ccccc21. The Labute approximate surface area is 128 Å². The summed E-state index contributed by atoms with van der Waals surface area (Å²) in [7, 11) is 0. The van der Waals surface area contributed by atoms with Gasteiger partial charge in [-0.05, 0) is 48.6 Å². The number of halogens is 2. The summed E-state index contributed by atoms with van der Waals surface area (Å²) in [6.07, 6.45) is 2.97. The predicted octanol–water partition coefficient (Wildman–Crippen LogP) is 5.30. The maximum atomic E-state index is 12.8. The lowest BCUT2D eigenvalue weighted by Crippen LogP contribution is -2.19. The van der Waals surface area contributed by atoms with Gasteiger partial charge in [-0.25, -0.2) is 0 Å². The third-order valence-electron chi connectivity index (χ3n) is 3.88. The van der Waals surface area contributed by atoms with E-state index in [2.05, 4.69) is 12.1 Å². The van der Waals surface area contributed by atoms with Gasteiger partial charge in [-0.3, -0.25) is 4.79 Å². The Kier molecular flexibility index (Phi) is 3.82. The molecule has 1 aliphatic carbocycles. The van der Waals surface area contributed by atoms with Crippen molar-refractivity contribution in [2.24, 2.45) is 0 Å². The molecule has 20 heavy (non-hydrogen) atoms. The first-order valence-electron chi connectivity index (χ1n) is 6.74. The highest BCUT2D eigenvalue weighted by atomic mass is 35.5. The number of carbonyl (C=O) groups excluding carboxylic acids is 1. The predicted molar refractivity (Wildman–Crippen MR) is 82.9 cm³/mol. The number of rotatable bonds is 2. The summed E-state index contributed by atoms with van der Waals surface area (Å²) in [4.78, 5) is 12.8. The molecule has 3 heteroatoms. The van der Waals surface area contributed by atoms with Crippen LogP contribution in [0.4, 0.5) is 0 Å². The van der Waals surface area contributed by atoms with Crippen molar-refractivity contribution in [3.63, 3.8) is 0 Å². The van der Waals surface area contributed by atoms with E-state index in [1.165, 1.54) is 5.56 Å². The number of carbonyl (C=O) groups is 1. The zero-order valence-corrected chi connectivity index (χ0v) is 12.4. The molecule has 0 aliphatic heterocycles. The largest absolute Gasteiger partial charge is 0.293 e. The van der Waals surface area contributed by atoms with Crippen LogP contribution < -0.4 is 0 Å². The van der Waals surface area contributed by atoms with Crippen LogP contribution in [-0.2, 0) is 6.42 Å². The molecule has 102 valence electrons. The third kappa shape index (κ3) is 2.48. The van der Waals surface area contributed by atoms with Crippen molar-refractivity contribution in [2.75, 3.05) is 0 Å². The van der Waals surface area contributed by atoms with Gasteiger partial charge in [-0.15, -0.1) is 0 Å². The van der Waals surface area contributed by atoms with Gasteiger partial charge >= 0.3 is 0 Å². The Morgan fingerprint density at radius 1 is 1.10 bits per heavy atom. The molecule has 0 radical (unpaired) electrons. The highest BCUT2D eigenvalue weighted by Gasteiger charge is 2.28. The molecule has 1 unspecified atom stereocenters. The smallest absolute Gasteiger partial charge is 0.171 e. The Hall–Kier alpha value is -1.31. The Morgan fingerprint density at radius 2 is 1.90 bits per heavy atom. The van der Waals surface area contributed by atoms with Crippen LogP contribution in [0.2, 0.25) is 10.0 Å². The molecule has 1 aliphatic rings. The lowest BCUT2D eigenvalue weighted by molar-refractivity contribution is 0.0951. The number of hydrogen-bond donors (Lipinski definition) is 0. The molecule has 1 nitrogen and oxygen atoms in total. The molecule has 0 fully saturated rings. The van der Waals surface area contributed by atoms with Gasteiger partial charge in [0.1, 0.15) is 0 Å². The molecule has 0 bridgehead atoms. The topological polar surface area (TPSA) is 17.1 Å². The van der Waals surface area contributed by atoms with Crippen LogP contribution in [0.25, 0.3) is 0 Å². The van der Waals surface area contributed by atoms with Gasteiger partial charge in [0.05, 0.1) is 5.02 Å². The number of fused-ring (bicyclic) bond motifs is 1. The van der Waals surface area contributed by atoms with Crippen LogP contribution in [-0.4, -0.2) is 5.78 Å². The van der Waals surface area contributed by atoms with Gasteiger partial charge < -0.3 is 0 Å². The molecule has 0 heterocycles. The highest BCUT2D eigenvalue weighted by molar-refractivity contribution is 6.37. The maximum Gasteiger partial charge on any atom is 0.171 e. The lowest BCUT2D eigenvalue weighted by atomic mass is 9.79. The molecule has 3 rings (SSSR count). The highest BCUT2D eigenvalue weighted by Crippen LogP contribution is 2.35. The van der Waals surface area contributed by atoms with Crippen molar-refractivity contribution in [3.05, 3.63) is 69.2 Å². The molecular formula is C17H14Cl2O. The second-order valence-corrected chi connectivity index (χ2v) is 5.98. The van der Waals surface area contributed by atoms with Crippen molar-refractivity contribution in [1.29, 1.82) is 0 Å². The van der Waals surface area contributed by atoms with Crippen LogP contribution in [0.5, 0.6) is 0 Å².